The highest BCUT2D eigenvalue weighted by Gasteiger charge is 2.21. The summed E-state index contributed by atoms with van der Waals surface area (Å²) in [6, 6.07) is 10.8. The van der Waals surface area contributed by atoms with Gasteiger partial charge in [-0.1, -0.05) is 25.1 Å². The Hall–Kier alpha value is -3.22. The summed E-state index contributed by atoms with van der Waals surface area (Å²) >= 11 is 0. The maximum Gasteiger partial charge on any atom is 0.360 e. The van der Waals surface area contributed by atoms with E-state index in [1.807, 2.05) is 31.2 Å². The number of carbonyl (C=O) groups excluding carboxylic acids is 1. The number of esters is 1. The van der Waals surface area contributed by atoms with Gasteiger partial charge >= 0.3 is 5.97 Å². The molecular formula is C18H18N4O3. The number of azo groups is 1. The normalized spacial score (nSPS) is 11.3. The zero-order valence-corrected chi connectivity index (χ0v) is 14.0. The first-order valence-corrected chi connectivity index (χ1v) is 8.02. The van der Waals surface area contributed by atoms with E-state index < -0.39 is 5.97 Å². The van der Waals surface area contributed by atoms with E-state index in [0.717, 1.165) is 17.7 Å². The molecule has 3 rings (SSSR count). The average Bonchev–Trinajstić information content (AvgIpc) is 3.00. The molecule has 3 aromatic rings. The Labute approximate surface area is 144 Å². The van der Waals surface area contributed by atoms with E-state index >= 15 is 0 Å². The maximum atomic E-state index is 12.2. The van der Waals surface area contributed by atoms with Gasteiger partial charge in [0.05, 0.1) is 12.3 Å². The van der Waals surface area contributed by atoms with Gasteiger partial charge in [-0.15, -0.1) is 10.2 Å². The number of aromatic nitrogens is 2. The third kappa shape index (κ3) is 3.21. The molecule has 0 aliphatic carbocycles. The van der Waals surface area contributed by atoms with Crippen molar-refractivity contribution in [3.63, 3.8) is 0 Å². The highest BCUT2D eigenvalue weighted by atomic mass is 16.5. The summed E-state index contributed by atoms with van der Waals surface area (Å²) in [5, 5.41) is 18.5. The summed E-state index contributed by atoms with van der Waals surface area (Å²) in [5.41, 5.74) is 2.00. The van der Waals surface area contributed by atoms with Crippen LogP contribution in [-0.4, -0.2) is 27.1 Å². The molecule has 2 heterocycles. The average molecular weight is 338 g/mol. The fraction of sp³-hybridized carbons (Fsp3) is 0.222. The molecule has 25 heavy (non-hydrogen) atoms. The van der Waals surface area contributed by atoms with Crippen LogP contribution >= 0.6 is 0 Å². The molecule has 0 spiro atoms. The molecule has 0 aliphatic rings. The smallest absolute Gasteiger partial charge is 0.360 e. The molecule has 0 saturated carbocycles. The monoisotopic (exact) mass is 338 g/mol. The van der Waals surface area contributed by atoms with Gasteiger partial charge < -0.3 is 9.84 Å². The van der Waals surface area contributed by atoms with Gasteiger partial charge in [0, 0.05) is 6.20 Å². The standard InChI is InChI=1S/C18H18N4O3/c1-3-12-8-5-6-9-13(12)20-21-17-15(18(24)25-4-2)19-16-14(23)10-7-11-22(16)17/h5-11,23H,3-4H2,1-2H3. The molecule has 7 nitrogen and oxygen atoms in total. The predicted molar refractivity (Wildman–Crippen MR) is 92.8 cm³/mol. The molecule has 0 atom stereocenters. The van der Waals surface area contributed by atoms with E-state index in [9.17, 15) is 9.90 Å². The molecule has 0 fully saturated rings. The van der Waals surface area contributed by atoms with Gasteiger partial charge in [0.1, 0.15) is 0 Å². The van der Waals surface area contributed by atoms with E-state index in [-0.39, 0.29) is 29.5 Å². The van der Waals surface area contributed by atoms with Crippen LogP contribution in [0.1, 0.15) is 29.9 Å². The lowest BCUT2D eigenvalue weighted by molar-refractivity contribution is 0.0521. The number of fused-ring (bicyclic) bond motifs is 1. The van der Waals surface area contributed by atoms with Gasteiger partial charge in [-0.3, -0.25) is 4.40 Å². The molecule has 1 N–H and O–H groups in total. The first-order valence-electron chi connectivity index (χ1n) is 8.02. The van der Waals surface area contributed by atoms with Gasteiger partial charge in [-0.25, -0.2) is 9.78 Å². The van der Waals surface area contributed by atoms with Crippen molar-refractivity contribution in [2.75, 3.05) is 6.61 Å². The number of pyridine rings is 1. The number of hydrogen-bond donors (Lipinski definition) is 1. The summed E-state index contributed by atoms with van der Waals surface area (Å²) in [7, 11) is 0. The molecule has 0 bridgehead atoms. The summed E-state index contributed by atoms with van der Waals surface area (Å²) in [6.45, 7) is 3.96. The minimum absolute atomic E-state index is 0.0149. The van der Waals surface area contributed by atoms with Crippen LogP contribution in [0.15, 0.2) is 52.8 Å². The molecular weight excluding hydrogens is 320 g/mol. The van der Waals surface area contributed by atoms with Crippen molar-refractivity contribution < 1.29 is 14.6 Å². The summed E-state index contributed by atoms with van der Waals surface area (Å²) in [5.74, 6) is -0.443. The van der Waals surface area contributed by atoms with Crippen molar-refractivity contribution in [1.82, 2.24) is 9.38 Å². The number of rotatable bonds is 5. The second-order valence-electron chi connectivity index (χ2n) is 5.27. The molecule has 0 radical (unpaired) electrons. The third-order valence-corrected chi connectivity index (χ3v) is 3.70. The Morgan fingerprint density at radius 3 is 2.76 bits per heavy atom. The van der Waals surface area contributed by atoms with E-state index in [1.54, 1.807) is 19.2 Å². The number of ether oxygens (including phenoxy) is 1. The molecule has 0 unspecified atom stereocenters. The van der Waals surface area contributed by atoms with Gasteiger partial charge in [0.25, 0.3) is 0 Å². The van der Waals surface area contributed by atoms with Crippen LogP contribution in [0.5, 0.6) is 5.75 Å². The Bertz CT molecular complexity index is 947. The zero-order valence-electron chi connectivity index (χ0n) is 14.0. The Kier molecular flexibility index (Phi) is 4.74. The molecule has 7 heteroatoms. The van der Waals surface area contributed by atoms with Gasteiger partial charge in [0.2, 0.25) is 0 Å². The molecule has 128 valence electrons. The van der Waals surface area contributed by atoms with Crippen molar-refractivity contribution in [3.8, 4) is 5.75 Å². The van der Waals surface area contributed by atoms with Crippen LogP contribution in [0, 0.1) is 0 Å². The first kappa shape index (κ1) is 16.6. The van der Waals surface area contributed by atoms with E-state index in [1.165, 1.54) is 10.5 Å². The predicted octanol–water partition coefficient (Wildman–Crippen LogP) is 4.19. The summed E-state index contributed by atoms with van der Waals surface area (Å²) in [4.78, 5) is 16.4. The maximum absolute atomic E-state index is 12.2. The second-order valence-corrected chi connectivity index (χ2v) is 5.27. The molecule has 1 aromatic carbocycles. The lowest BCUT2D eigenvalue weighted by Gasteiger charge is -2.02. The van der Waals surface area contributed by atoms with E-state index in [4.69, 9.17) is 4.74 Å². The molecule has 0 saturated heterocycles. The second kappa shape index (κ2) is 7.12. The molecule has 2 aromatic heterocycles. The number of nitrogens with zero attached hydrogens (tertiary/aromatic N) is 4. The van der Waals surface area contributed by atoms with Crippen LogP contribution in [0.3, 0.4) is 0 Å². The molecule has 0 amide bonds. The third-order valence-electron chi connectivity index (χ3n) is 3.70. The molecule has 0 aliphatic heterocycles. The fourth-order valence-electron chi connectivity index (χ4n) is 2.48. The number of benzene rings is 1. The quantitative estimate of drug-likeness (QED) is 0.558. The van der Waals surface area contributed by atoms with Gasteiger partial charge in [-0.2, -0.15) is 0 Å². The van der Waals surface area contributed by atoms with Crippen LogP contribution in [0.4, 0.5) is 11.5 Å². The minimum atomic E-state index is -0.608. The number of aryl methyl sites for hydroxylation is 1. The summed E-state index contributed by atoms with van der Waals surface area (Å²) < 4.78 is 6.55. The van der Waals surface area contributed by atoms with Crippen molar-refractivity contribution in [1.29, 1.82) is 0 Å². The Morgan fingerprint density at radius 1 is 1.20 bits per heavy atom. The van der Waals surface area contributed by atoms with E-state index in [2.05, 4.69) is 15.2 Å². The lowest BCUT2D eigenvalue weighted by Crippen LogP contribution is -2.05. The highest BCUT2D eigenvalue weighted by molar-refractivity contribution is 5.93. The van der Waals surface area contributed by atoms with Gasteiger partial charge in [0.15, 0.2) is 22.9 Å². The van der Waals surface area contributed by atoms with E-state index in [0.29, 0.717) is 0 Å². The highest BCUT2D eigenvalue weighted by Crippen LogP contribution is 2.29. The van der Waals surface area contributed by atoms with Crippen molar-refractivity contribution in [2.45, 2.75) is 20.3 Å². The van der Waals surface area contributed by atoms with Crippen molar-refractivity contribution in [3.05, 3.63) is 53.9 Å². The Balaban J connectivity index is 2.13. The van der Waals surface area contributed by atoms with Crippen molar-refractivity contribution >= 4 is 23.1 Å². The fourth-order valence-corrected chi connectivity index (χ4v) is 2.48. The largest absolute Gasteiger partial charge is 0.504 e. The zero-order chi connectivity index (χ0) is 17.8. The topological polar surface area (TPSA) is 88.5 Å². The lowest BCUT2D eigenvalue weighted by atomic mass is 10.1. The number of carbonyl (C=O) groups is 1. The SMILES string of the molecule is CCOC(=O)c1nc2c(O)cccn2c1N=Nc1ccccc1CC. The number of hydrogen-bond acceptors (Lipinski definition) is 6. The summed E-state index contributed by atoms with van der Waals surface area (Å²) in [6.07, 6.45) is 2.47. The van der Waals surface area contributed by atoms with Crippen LogP contribution < -0.4 is 0 Å². The van der Waals surface area contributed by atoms with Crippen LogP contribution in [0.2, 0.25) is 0 Å². The van der Waals surface area contributed by atoms with Crippen LogP contribution in [-0.2, 0) is 11.2 Å². The van der Waals surface area contributed by atoms with Crippen LogP contribution in [0.25, 0.3) is 5.65 Å². The van der Waals surface area contributed by atoms with Crippen molar-refractivity contribution in [2.24, 2.45) is 10.2 Å². The first-order chi connectivity index (χ1) is 12.2. The number of imidazole rings is 1. The number of aromatic hydroxyl groups is 1. The minimum Gasteiger partial charge on any atom is -0.504 e. The van der Waals surface area contributed by atoms with Gasteiger partial charge in [-0.05, 0) is 37.1 Å². The Morgan fingerprint density at radius 2 is 2.00 bits per heavy atom.